The molecular formula is C14H16N2O3S2. The molecule has 0 saturated carbocycles. The lowest BCUT2D eigenvalue weighted by atomic mass is 10.2. The zero-order valence-electron chi connectivity index (χ0n) is 11.7. The fourth-order valence-corrected chi connectivity index (χ4v) is 3.65. The van der Waals surface area contributed by atoms with Crippen LogP contribution < -0.4 is 5.32 Å². The summed E-state index contributed by atoms with van der Waals surface area (Å²) >= 11 is 1.53. The molecule has 5 nitrogen and oxygen atoms in total. The molecule has 2 aromatic rings. The first-order valence-electron chi connectivity index (χ1n) is 6.24. The van der Waals surface area contributed by atoms with Crippen molar-refractivity contribution in [3.63, 3.8) is 0 Å². The Bertz CT molecular complexity index is 707. The Morgan fingerprint density at radius 1 is 1.24 bits per heavy atom. The van der Waals surface area contributed by atoms with Crippen LogP contribution in [0.15, 0.2) is 46.0 Å². The average molecular weight is 324 g/mol. The van der Waals surface area contributed by atoms with Crippen molar-refractivity contribution in [2.24, 2.45) is 0 Å². The highest BCUT2D eigenvalue weighted by molar-refractivity contribution is 7.89. The zero-order valence-corrected chi connectivity index (χ0v) is 13.4. The van der Waals surface area contributed by atoms with Gasteiger partial charge in [-0.05, 0) is 46.7 Å². The second-order valence-electron chi connectivity index (χ2n) is 4.50. The summed E-state index contributed by atoms with van der Waals surface area (Å²) in [4.78, 5) is 11.6. The average Bonchev–Trinajstić information content (AvgIpc) is 2.99. The van der Waals surface area contributed by atoms with Crippen molar-refractivity contribution in [3.8, 4) is 0 Å². The van der Waals surface area contributed by atoms with Gasteiger partial charge in [-0.3, -0.25) is 4.79 Å². The Labute approximate surface area is 128 Å². The molecule has 21 heavy (non-hydrogen) atoms. The Morgan fingerprint density at radius 2 is 1.90 bits per heavy atom. The van der Waals surface area contributed by atoms with Gasteiger partial charge in [0.05, 0.1) is 4.90 Å². The summed E-state index contributed by atoms with van der Waals surface area (Å²) in [6.45, 7) is 0.322. The van der Waals surface area contributed by atoms with Crippen molar-refractivity contribution in [2.45, 2.75) is 11.4 Å². The molecule has 0 unspecified atom stereocenters. The van der Waals surface area contributed by atoms with Crippen LogP contribution >= 0.6 is 11.3 Å². The van der Waals surface area contributed by atoms with Gasteiger partial charge >= 0.3 is 0 Å². The number of hydrogen-bond donors (Lipinski definition) is 1. The molecule has 0 spiro atoms. The molecule has 7 heteroatoms. The molecule has 0 aliphatic heterocycles. The Morgan fingerprint density at radius 3 is 2.43 bits per heavy atom. The van der Waals surface area contributed by atoms with Crippen molar-refractivity contribution in [3.05, 3.63) is 52.2 Å². The molecule has 0 aliphatic rings. The van der Waals surface area contributed by atoms with Gasteiger partial charge < -0.3 is 5.32 Å². The number of benzene rings is 1. The highest BCUT2D eigenvalue weighted by atomic mass is 32.2. The maximum atomic E-state index is 12.4. The largest absolute Gasteiger partial charge is 0.355 e. The number of hydrogen-bond acceptors (Lipinski definition) is 4. The van der Waals surface area contributed by atoms with Crippen molar-refractivity contribution >= 4 is 27.3 Å². The predicted molar refractivity (Wildman–Crippen MR) is 82.8 cm³/mol. The third kappa shape index (κ3) is 3.49. The number of rotatable bonds is 5. The summed E-state index contributed by atoms with van der Waals surface area (Å²) in [6, 6.07) is 7.80. The fraction of sp³-hybridized carbons (Fsp3) is 0.214. The van der Waals surface area contributed by atoms with E-state index in [-0.39, 0.29) is 10.8 Å². The van der Waals surface area contributed by atoms with Gasteiger partial charge in [-0.1, -0.05) is 0 Å². The van der Waals surface area contributed by atoms with E-state index in [1.165, 1.54) is 47.0 Å². The lowest BCUT2D eigenvalue weighted by molar-refractivity contribution is 0.0963. The monoisotopic (exact) mass is 324 g/mol. The van der Waals surface area contributed by atoms with Gasteiger partial charge in [0, 0.05) is 26.2 Å². The van der Waals surface area contributed by atoms with Crippen molar-refractivity contribution in [1.82, 2.24) is 9.62 Å². The van der Waals surface area contributed by atoms with Gasteiger partial charge in [-0.15, -0.1) is 0 Å². The first-order chi connectivity index (χ1) is 9.95. The summed E-state index contributed by atoms with van der Waals surface area (Å²) in [5.74, 6) is -0.245. The van der Waals surface area contributed by atoms with Gasteiger partial charge in [0.2, 0.25) is 10.0 Å². The van der Waals surface area contributed by atoms with Gasteiger partial charge in [0.15, 0.2) is 0 Å². The van der Waals surface area contributed by atoms with Crippen molar-refractivity contribution in [1.29, 1.82) is 0 Å². The minimum atomic E-state index is -3.56. The Balaban J connectivity index is 2.20. The molecule has 1 heterocycles. The summed E-state index contributed by atoms with van der Waals surface area (Å²) in [5.41, 5.74) is 1.38. The third-order valence-corrected chi connectivity index (χ3v) is 5.59. The van der Waals surface area contributed by atoms with E-state index in [0.717, 1.165) is 5.56 Å². The van der Waals surface area contributed by atoms with Crippen LogP contribution in [0, 0.1) is 0 Å². The smallest absolute Gasteiger partial charge is 0.251 e. The van der Waals surface area contributed by atoms with E-state index in [0.29, 0.717) is 12.1 Å². The number of nitrogens with one attached hydrogen (secondary N) is 1. The molecule has 0 aliphatic carbocycles. The predicted octanol–water partition coefficient (Wildman–Crippen LogP) is 1.93. The van der Waals surface area contributed by atoms with E-state index in [9.17, 15) is 13.2 Å². The van der Waals surface area contributed by atoms with Crippen LogP contribution in [0.3, 0.4) is 0 Å². The van der Waals surface area contributed by atoms with Crippen molar-refractivity contribution in [2.75, 3.05) is 14.1 Å². The van der Waals surface area contributed by atoms with Gasteiger partial charge in [-0.2, -0.15) is 15.6 Å². The first-order valence-corrected chi connectivity index (χ1v) is 8.63. The molecule has 1 amide bonds. The van der Waals surface area contributed by atoms with E-state index >= 15 is 0 Å². The SMILES string of the molecule is CNC(=O)c1ccc(S(=O)(=O)N(C)Cc2ccsc2)cc1. The number of amides is 1. The zero-order chi connectivity index (χ0) is 15.5. The van der Waals surface area contributed by atoms with Crippen LogP contribution in [0.2, 0.25) is 0 Å². The summed E-state index contributed by atoms with van der Waals surface area (Å²) in [6.07, 6.45) is 0. The summed E-state index contributed by atoms with van der Waals surface area (Å²) in [7, 11) is -0.487. The summed E-state index contributed by atoms with van der Waals surface area (Å²) < 4.78 is 26.2. The van der Waals surface area contributed by atoms with Crippen LogP contribution in [-0.2, 0) is 16.6 Å². The minimum absolute atomic E-state index is 0.174. The van der Waals surface area contributed by atoms with E-state index in [2.05, 4.69) is 5.32 Å². The third-order valence-electron chi connectivity index (χ3n) is 3.04. The molecule has 0 atom stereocenters. The van der Waals surface area contributed by atoms with E-state index in [1.54, 1.807) is 7.05 Å². The lowest BCUT2D eigenvalue weighted by Crippen LogP contribution is -2.26. The van der Waals surface area contributed by atoms with Crippen molar-refractivity contribution < 1.29 is 13.2 Å². The number of sulfonamides is 1. The molecule has 0 bridgehead atoms. The highest BCUT2D eigenvalue weighted by Gasteiger charge is 2.21. The number of carbonyl (C=O) groups is 1. The van der Waals surface area contributed by atoms with Gasteiger partial charge in [-0.25, -0.2) is 8.42 Å². The molecule has 0 saturated heterocycles. The first kappa shape index (κ1) is 15.7. The summed E-state index contributed by atoms with van der Waals surface area (Å²) in [5, 5.41) is 6.32. The molecule has 2 rings (SSSR count). The van der Waals surface area contributed by atoms with Crippen LogP contribution in [-0.4, -0.2) is 32.7 Å². The molecule has 0 fully saturated rings. The van der Waals surface area contributed by atoms with Gasteiger partial charge in [0.1, 0.15) is 0 Å². The Hall–Kier alpha value is -1.70. The molecule has 0 radical (unpaired) electrons. The fourth-order valence-electron chi connectivity index (χ4n) is 1.83. The molecule has 1 aromatic carbocycles. The quantitative estimate of drug-likeness (QED) is 0.914. The standard InChI is InChI=1S/C14H16N2O3S2/c1-15-14(17)12-3-5-13(6-4-12)21(18,19)16(2)9-11-7-8-20-10-11/h3-8,10H,9H2,1-2H3,(H,15,17). The molecule has 1 N–H and O–H groups in total. The topological polar surface area (TPSA) is 66.5 Å². The van der Waals surface area contributed by atoms with E-state index in [4.69, 9.17) is 0 Å². The van der Waals surface area contributed by atoms with E-state index in [1.807, 2.05) is 16.8 Å². The van der Waals surface area contributed by atoms with Crippen LogP contribution in [0.1, 0.15) is 15.9 Å². The number of thiophene rings is 1. The second-order valence-corrected chi connectivity index (χ2v) is 7.32. The minimum Gasteiger partial charge on any atom is -0.355 e. The van der Waals surface area contributed by atoms with Crippen LogP contribution in [0.25, 0.3) is 0 Å². The maximum absolute atomic E-state index is 12.4. The lowest BCUT2D eigenvalue weighted by Gasteiger charge is -2.16. The molecule has 112 valence electrons. The Kier molecular flexibility index (Phi) is 4.76. The number of nitrogens with zero attached hydrogens (tertiary/aromatic N) is 1. The number of carbonyl (C=O) groups excluding carboxylic acids is 1. The normalized spacial score (nSPS) is 11.6. The second kappa shape index (κ2) is 6.38. The molecular weight excluding hydrogens is 308 g/mol. The van der Waals surface area contributed by atoms with Gasteiger partial charge in [0.25, 0.3) is 5.91 Å². The van der Waals surface area contributed by atoms with Crippen LogP contribution in [0.4, 0.5) is 0 Å². The van der Waals surface area contributed by atoms with Crippen LogP contribution in [0.5, 0.6) is 0 Å². The highest BCUT2D eigenvalue weighted by Crippen LogP contribution is 2.18. The molecule has 1 aromatic heterocycles. The maximum Gasteiger partial charge on any atom is 0.251 e. The van der Waals surface area contributed by atoms with E-state index < -0.39 is 10.0 Å².